The van der Waals surface area contributed by atoms with E-state index in [1.165, 1.54) is 0 Å². The van der Waals surface area contributed by atoms with Crippen LogP contribution in [0.15, 0.2) is 23.1 Å². The second-order valence-corrected chi connectivity index (χ2v) is 5.99. The van der Waals surface area contributed by atoms with Gasteiger partial charge in [-0.15, -0.1) is 12.6 Å². The summed E-state index contributed by atoms with van der Waals surface area (Å²) in [5, 5.41) is 0. The van der Waals surface area contributed by atoms with Gasteiger partial charge in [-0.2, -0.15) is 0 Å². The molecule has 1 aliphatic heterocycles. The molecule has 4 heteroatoms. The lowest BCUT2D eigenvalue weighted by Crippen LogP contribution is -2.54. The zero-order valence-corrected chi connectivity index (χ0v) is 12.7. The van der Waals surface area contributed by atoms with Crippen LogP contribution in [0.5, 0.6) is 0 Å². The van der Waals surface area contributed by atoms with E-state index in [0.717, 1.165) is 23.5 Å². The molecule has 19 heavy (non-hydrogen) atoms. The molecule has 0 amide bonds. The van der Waals surface area contributed by atoms with E-state index in [4.69, 9.17) is 4.74 Å². The Balaban J connectivity index is 2.26. The molecule has 1 heterocycles. The molecule has 0 saturated carbocycles. The first kappa shape index (κ1) is 14.6. The van der Waals surface area contributed by atoms with Crippen molar-refractivity contribution in [3.05, 3.63) is 29.3 Å². The van der Waals surface area contributed by atoms with Gasteiger partial charge < -0.3 is 4.74 Å². The van der Waals surface area contributed by atoms with Gasteiger partial charge in [-0.05, 0) is 38.5 Å². The maximum Gasteiger partial charge on any atom is 0.183 e. The molecule has 0 aliphatic carbocycles. The van der Waals surface area contributed by atoms with E-state index in [9.17, 15) is 4.79 Å². The Kier molecular flexibility index (Phi) is 4.33. The minimum Gasteiger partial charge on any atom is -0.379 e. The Morgan fingerprint density at radius 2 is 1.95 bits per heavy atom. The summed E-state index contributed by atoms with van der Waals surface area (Å²) in [5.74, 6) is 0.124. The highest BCUT2D eigenvalue weighted by molar-refractivity contribution is 7.80. The van der Waals surface area contributed by atoms with Gasteiger partial charge in [0.15, 0.2) is 5.78 Å². The van der Waals surface area contributed by atoms with Crippen molar-refractivity contribution in [3.63, 3.8) is 0 Å². The van der Waals surface area contributed by atoms with Crippen molar-refractivity contribution in [2.45, 2.75) is 31.2 Å². The van der Waals surface area contributed by atoms with Gasteiger partial charge in [0, 0.05) is 23.5 Å². The van der Waals surface area contributed by atoms with E-state index in [-0.39, 0.29) is 5.78 Å². The number of Topliss-reactive ketones (excluding diaryl/α,β-unsaturated/α-hetero) is 1. The quantitative estimate of drug-likeness (QED) is 0.681. The van der Waals surface area contributed by atoms with E-state index >= 15 is 0 Å². The van der Waals surface area contributed by atoms with Gasteiger partial charge in [0.25, 0.3) is 0 Å². The first-order valence-electron chi connectivity index (χ1n) is 6.60. The SMILES string of the molecule is Cc1ccc(C(=O)C(C)(C)N2CCOCC2)c(S)c1. The van der Waals surface area contributed by atoms with Crippen LogP contribution in [0.2, 0.25) is 0 Å². The van der Waals surface area contributed by atoms with Gasteiger partial charge in [-0.25, -0.2) is 0 Å². The van der Waals surface area contributed by atoms with Crippen LogP contribution in [0.3, 0.4) is 0 Å². The number of carbonyl (C=O) groups is 1. The summed E-state index contributed by atoms with van der Waals surface area (Å²) in [6.45, 7) is 8.94. The molecule has 3 nitrogen and oxygen atoms in total. The van der Waals surface area contributed by atoms with Crippen LogP contribution >= 0.6 is 12.6 Å². The maximum atomic E-state index is 12.8. The minimum absolute atomic E-state index is 0.124. The highest BCUT2D eigenvalue weighted by atomic mass is 32.1. The van der Waals surface area contributed by atoms with Crippen LogP contribution in [-0.2, 0) is 4.74 Å². The number of carbonyl (C=O) groups excluding carboxylic acids is 1. The summed E-state index contributed by atoms with van der Waals surface area (Å²) in [4.78, 5) is 15.7. The Morgan fingerprint density at radius 3 is 2.53 bits per heavy atom. The first-order valence-corrected chi connectivity index (χ1v) is 7.05. The summed E-state index contributed by atoms with van der Waals surface area (Å²) in [6, 6.07) is 5.77. The smallest absolute Gasteiger partial charge is 0.183 e. The number of hydrogen-bond acceptors (Lipinski definition) is 4. The van der Waals surface area contributed by atoms with Crippen molar-refractivity contribution in [2.24, 2.45) is 0 Å². The molecule has 1 aliphatic rings. The molecule has 0 aromatic heterocycles. The fourth-order valence-corrected chi connectivity index (χ4v) is 2.81. The third-order valence-electron chi connectivity index (χ3n) is 3.76. The van der Waals surface area contributed by atoms with Gasteiger partial charge in [0.1, 0.15) is 0 Å². The number of morpholine rings is 1. The third kappa shape index (κ3) is 3.02. The highest BCUT2D eigenvalue weighted by Crippen LogP contribution is 2.25. The van der Waals surface area contributed by atoms with Crippen LogP contribution in [0.25, 0.3) is 0 Å². The molecule has 0 atom stereocenters. The van der Waals surface area contributed by atoms with Crippen molar-refractivity contribution in [1.29, 1.82) is 0 Å². The summed E-state index contributed by atoms with van der Waals surface area (Å²) >= 11 is 4.44. The second kappa shape index (κ2) is 5.65. The van der Waals surface area contributed by atoms with Crippen molar-refractivity contribution in [1.82, 2.24) is 4.90 Å². The Hall–Kier alpha value is -0.840. The average molecular weight is 279 g/mol. The fraction of sp³-hybridized carbons (Fsp3) is 0.533. The number of benzene rings is 1. The van der Waals surface area contributed by atoms with Crippen LogP contribution < -0.4 is 0 Å². The standard InChI is InChI=1S/C15H21NO2S/c1-11-4-5-12(13(19)10-11)14(17)15(2,3)16-6-8-18-9-7-16/h4-5,10,19H,6-9H2,1-3H3. The lowest BCUT2D eigenvalue weighted by atomic mass is 9.90. The van der Waals surface area contributed by atoms with Gasteiger partial charge in [-0.1, -0.05) is 6.07 Å². The Labute approximate surface area is 120 Å². The van der Waals surface area contributed by atoms with E-state index in [1.54, 1.807) is 0 Å². The number of hydrogen-bond donors (Lipinski definition) is 1. The zero-order valence-electron chi connectivity index (χ0n) is 11.8. The molecule has 104 valence electrons. The van der Waals surface area contributed by atoms with Crippen LogP contribution in [-0.4, -0.2) is 42.5 Å². The lowest BCUT2D eigenvalue weighted by Gasteiger charge is -2.39. The van der Waals surface area contributed by atoms with Gasteiger partial charge >= 0.3 is 0 Å². The Morgan fingerprint density at radius 1 is 1.32 bits per heavy atom. The second-order valence-electron chi connectivity index (χ2n) is 5.51. The molecule has 0 radical (unpaired) electrons. The summed E-state index contributed by atoms with van der Waals surface area (Å²) < 4.78 is 5.35. The van der Waals surface area contributed by atoms with Crippen molar-refractivity contribution < 1.29 is 9.53 Å². The minimum atomic E-state index is -0.517. The largest absolute Gasteiger partial charge is 0.379 e. The zero-order chi connectivity index (χ0) is 14.0. The molecule has 1 fully saturated rings. The van der Waals surface area contributed by atoms with E-state index in [1.807, 2.05) is 39.0 Å². The predicted molar refractivity (Wildman–Crippen MR) is 79.2 cm³/mol. The summed E-state index contributed by atoms with van der Waals surface area (Å²) in [5.41, 5.74) is 1.30. The fourth-order valence-electron chi connectivity index (χ4n) is 2.43. The number of ether oxygens (including phenoxy) is 1. The van der Waals surface area contributed by atoms with Crippen LogP contribution in [0.4, 0.5) is 0 Å². The molecular formula is C15H21NO2S. The maximum absolute atomic E-state index is 12.8. The first-order chi connectivity index (χ1) is 8.93. The Bertz CT molecular complexity index is 479. The molecule has 1 aromatic carbocycles. The van der Waals surface area contributed by atoms with E-state index in [2.05, 4.69) is 17.5 Å². The molecular weight excluding hydrogens is 258 g/mol. The monoisotopic (exact) mass is 279 g/mol. The lowest BCUT2D eigenvalue weighted by molar-refractivity contribution is -0.00440. The molecule has 1 aromatic rings. The normalized spacial score (nSPS) is 17.5. The summed E-state index contributed by atoms with van der Waals surface area (Å²) in [6.07, 6.45) is 0. The number of rotatable bonds is 3. The van der Waals surface area contributed by atoms with Crippen LogP contribution in [0, 0.1) is 6.92 Å². The van der Waals surface area contributed by atoms with Crippen molar-refractivity contribution in [3.8, 4) is 0 Å². The number of ketones is 1. The van der Waals surface area contributed by atoms with Crippen molar-refractivity contribution >= 4 is 18.4 Å². The molecule has 0 bridgehead atoms. The summed E-state index contributed by atoms with van der Waals surface area (Å²) in [7, 11) is 0. The van der Waals surface area contributed by atoms with Gasteiger partial charge in [0.05, 0.1) is 18.8 Å². The molecule has 0 spiro atoms. The average Bonchev–Trinajstić information content (AvgIpc) is 2.39. The van der Waals surface area contributed by atoms with E-state index < -0.39 is 5.54 Å². The molecule has 0 N–H and O–H groups in total. The van der Waals surface area contributed by atoms with Crippen molar-refractivity contribution in [2.75, 3.05) is 26.3 Å². The van der Waals surface area contributed by atoms with Crippen LogP contribution in [0.1, 0.15) is 29.8 Å². The highest BCUT2D eigenvalue weighted by Gasteiger charge is 2.36. The van der Waals surface area contributed by atoms with E-state index in [0.29, 0.717) is 18.8 Å². The third-order valence-corrected chi connectivity index (χ3v) is 4.13. The molecule has 1 saturated heterocycles. The molecule has 0 unspecified atom stereocenters. The van der Waals surface area contributed by atoms with Gasteiger partial charge in [0.2, 0.25) is 0 Å². The number of nitrogens with zero attached hydrogens (tertiary/aromatic N) is 1. The molecule has 2 rings (SSSR count). The predicted octanol–water partition coefficient (Wildman–Crippen LogP) is 2.58. The topological polar surface area (TPSA) is 29.5 Å². The number of thiol groups is 1. The van der Waals surface area contributed by atoms with Gasteiger partial charge in [-0.3, -0.25) is 9.69 Å². The number of aryl methyl sites for hydroxylation is 1.